The number of benzene rings is 3. The molecule has 152 valence electrons. The Balaban J connectivity index is 1.96. The van der Waals surface area contributed by atoms with Gasteiger partial charge in [-0.25, -0.2) is 4.39 Å². The zero-order chi connectivity index (χ0) is 21.1. The highest BCUT2D eigenvalue weighted by atomic mass is 19.1. The van der Waals surface area contributed by atoms with Crippen LogP contribution in [0.1, 0.15) is 17.7 Å². The molecule has 0 aliphatic rings. The number of methoxy groups -OCH3 is 1. The van der Waals surface area contributed by atoms with E-state index in [0.29, 0.717) is 13.0 Å². The zero-order valence-electron chi connectivity index (χ0n) is 16.6. The molecule has 0 fully saturated rings. The molecule has 0 saturated heterocycles. The summed E-state index contributed by atoms with van der Waals surface area (Å²) < 4.78 is 21.4. The summed E-state index contributed by atoms with van der Waals surface area (Å²) in [4.78, 5) is 11.4. The van der Waals surface area contributed by atoms with Crippen molar-refractivity contribution in [2.75, 3.05) is 7.11 Å². The number of hydrogen-bond donors (Lipinski definition) is 1. The molecule has 1 heterocycles. The molecular formula is C25H22FNO3. The van der Waals surface area contributed by atoms with E-state index in [1.807, 2.05) is 42.5 Å². The number of para-hydroxylation sites is 1. The van der Waals surface area contributed by atoms with Crippen LogP contribution in [0, 0.1) is 5.82 Å². The lowest BCUT2D eigenvalue weighted by atomic mass is 9.99. The molecule has 5 heteroatoms. The average Bonchev–Trinajstić information content (AvgIpc) is 3.07. The number of rotatable bonds is 7. The number of carbonyl (C=O) groups is 1. The van der Waals surface area contributed by atoms with Gasteiger partial charge in [0.25, 0.3) is 0 Å². The van der Waals surface area contributed by atoms with E-state index in [0.717, 1.165) is 33.3 Å². The SMILES string of the molecule is COc1cc(-c2c(CCC(=O)O)n(Cc3ccccc3)c3ccccc23)ccc1F. The van der Waals surface area contributed by atoms with Gasteiger partial charge in [0.1, 0.15) is 0 Å². The Morgan fingerprint density at radius 3 is 2.50 bits per heavy atom. The number of nitrogens with zero attached hydrogens (tertiary/aromatic N) is 1. The molecular weight excluding hydrogens is 381 g/mol. The van der Waals surface area contributed by atoms with E-state index in [4.69, 9.17) is 4.74 Å². The Morgan fingerprint density at radius 2 is 1.77 bits per heavy atom. The van der Waals surface area contributed by atoms with Gasteiger partial charge in [-0.15, -0.1) is 0 Å². The maximum atomic E-state index is 14.0. The van der Waals surface area contributed by atoms with Crippen molar-refractivity contribution in [3.8, 4) is 16.9 Å². The minimum Gasteiger partial charge on any atom is -0.494 e. The quantitative estimate of drug-likeness (QED) is 0.442. The van der Waals surface area contributed by atoms with Crippen LogP contribution >= 0.6 is 0 Å². The molecule has 0 spiro atoms. The van der Waals surface area contributed by atoms with Crippen LogP contribution in [0.4, 0.5) is 4.39 Å². The summed E-state index contributed by atoms with van der Waals surface area (Å²) >= 11 is 0. The number of halogens is 1. The summed E-state index contributed by atoms with van der Waals surface area (Å²) in [5.74, 6) is -1.12. The second kappa shape index (κ2) is 8.41. The fraction of sp³-hybridized carbons (Fsp3) is 0.160. The summed E-state index contributed by atoms with van der Waals surface area (Å²) in [5, 5.41) is 10.3. The first-order valence-corrected chi connectivity index (χ1v) is 9.78. The van der Waals surface area contributed by atoms with Crippen molar-refractivity contribution in [2.45, 2.75) is 19.4 Å². The maximum absolute atomic E-state index is 14.0. The van der Waals surface area contributed by atoms with E-state index in [-0.39, 0.29) is 12.2 Å². The summed E-state index contributed by atoms with van der Waals surface area (Å²) in [6.07, 6.45) is 0.377. The van der Waals surface area contributed by atoms with E-state index < -0.39 is 11.8 Å². The topological polar surface area (TPSA) is 51.5 Å². The van der Waals surface area contributed by atoms with E-state index in [1.165, 1.54) is 13.2 Å². The lowest BCUT2D eigenvalue weighted by molar-refractivity contribution is -0.136. The first kappa shape index (κ1) is 19.7. The molecule has 0 aliphatic heterocycles. The van der Waals surface area contributed by atoms with E-state index in [1.54, 1.807) is 12.1 Å². The highest BCUT2D eigenvalue weighted by Crippen LogP contribution is 2.38. The minimum absolute atomic E-state index is 0.0104. The molecule has 1 aromatic heterocycles. The lowest BCUT2D eigenvalue weighted by Crippen LogP contribution is -2.07. The van der Waals surface area contributed by atoms with Crippen LogP contribution in [0.5, 0.6) is 5.75 Å². The van der Waals surface area contributed by atoms with Gasteiger partial charge in [-0.05, 0) is 35.7 Å². The second-order valence-corrected chi connectivity index (χ2v) is 7.15. The predicted molar refractivity (Wildman–Crippen MR) is 115 cm³/mol. The zero-order valence-corrected chi connectivity index (χ0v) is 16.6. The third kappa shape index (κ3) is 3.79. The highest BCUT2D eigenvalue weighted by molar-refractivity contribution is 5.98. The number of aromatic nitrogens is 1. The van der Waals surface area contributed by atoms with Gasteiger partial charge >= 0.3 is 5.97 Å². The molecule has 0 amide bonds. The Morgan fingerprint density at radius 1 is 1.03 bits per heavy atom. The normalized spacial score (nSPS) is 11.0. The van der Waals surface area contributed by atoms with Gasteiger partial charge in [-0.1, -0.05) is 54.6 Å². The molecule has 0 radical (unpaired) electrons. The predicted octanol–water partition coefficient (Wildman–Crippen LogP) is 5.52. The average molecular weight is 403 g/mol. The van der Waals surface area contributed by atoms with Crippen molar-refractivity contribution >= 4 is 16.9 Å². The van der Waals surface area contributed by atoms with Crippen molar-refractivity contribution in [3.63, 3.8) is 0 Å². The van der Waals surface area contributed by atoms with Crippen molar-refractivity contribution in [1.29, 1.82) is 0 Å². The van der Waals surface area contributed by atoms with Crippen molar-refractivity contribution in [3.05, 3.63) is 89.9 Å². The van der Waals surface area contributed by atoms with Gasteiger partial charge < -0.3 is 14.4 Å². The molecule has 4 nitrogen and oxygen atoms in total. The van der Waals surface area contributed by atoms with Gasteiger partial charge in [-0.2, -0.15) is 0 Å². The number of ether oxygens (including phenoxy) is 1. The smallest absolute Gasteiger partial charge is 0.303 e. The first-order chi connectivity index (χ1) is 14.6. The molecule has 30 heavy (non-hydrogen) atoms. The van der Waals surface area contributed by atoms with Gasteiger partial charge in [0, 0.05) is 28.7 Å². The first-order valence-electron chi connectivity index (χ1n) is 9.78. The van der Waals surface area contributed by atoms with E-state index in [2.05, 4.69) is 16.7 Å². The van der Waals surface area contributed by atoms with Gasteiger partial charge in [0.2, 0.25) is 0 Å². The Labute approximate surface area is 174 Å². The lowest BCUT2D eigenvalue weighted by Gasteiger charge is -2.13. The molecule has 4 aromatic rings. The van der Waals surface area contributed by atoms with Gasteiger partial charge in [0.05, 0.1) is 13.5 Å². The monoisotopic (exact) mass is 403 g/mol. The summed E-state index contributed by atoms with van der Waals surface area (Å²) in [6, 6.07) is 22.8. The van der Waals surface area contributed by atoms with Crippen LogP contribution < -0.4 is 4.74 Å². The molecule has 3 aromatic carbocycles. The highest BCUT2D eigenvalue weighted by Gasteiger charge is 2.20. The van der Waals surface area contributed by atoms with Crippen LogP contribution in [-0.2, 0) is 17.8 Å². The molecule has 1 N–H and O–H groups in total. The molecule has 4 rings (SSSR count). The summed E-state index contributed by atoms with van der Waals surface area (Å²) in [7, 11) is 1.44. The fourth-order valence-corrected chi connectivity index (χ4v) is 3.93. The van der Waals surface area contributed by atoms with Crippen molar-refractivity contribution in [2.24, 2.45) is 0 Å². The Bertz CT molecular complexity index is 1200. The van der Waals surface area contributed by atoms with Crippen LogP contribution in [0.2, 0.25) is 0 Å². The van der Waals surface area contributed by atoms with Crippen LogP contribution in [-0.4, -0.2) is 22.8 Å². The summed E-state index contributed by atoms with van der Waals surface area (Å²) in [5.41, 5.74) is 4.77. The number of carboxylic acids is 1. The third-order valence-corrected chi connectivity index (χ3v) is 5.28. The van der Waals surface area contributed by atoms with Gasteiger partial charge in [-0.3, -0.25) is 4.79 Å². The largest absolute Gasteiger partial charge is 0.494 e. The fourth-order valence-electron chi connectivity index (χ4n) is 3.93. The molecule has 0 aliphatic carbocycles. The minimum atomic E-state index is -0.853. The maximum Gasteiger partial charge on any atom is 0.303 e. The van der Waals surface area contributed by atoms with Crippen molar-refractivity contribution < 1.29 is 19.0 Å². The number of carboxylic acid groups (broad SMARTS) is 1. The van der Waals surface area contributed by atoms with Crippen LogP contribution in [0.25, 0.3) is 22.0 Å². The van der Waals surface area contributed by atoms with Gasteiger partial charge in [0.15, 0.2) is 11.6 Å². The van der Waals surface area contributed by atoms with E-state index in [9.17, 15) is 14.3 Å². The third-order valence-electron chi connectivity index (χ3n) is 5.28. The Hall–Kier alpha value is -3.60. The second-order valence-electron chi connectivity index (χ2n) is 7.15. The molecule has 0 saturated carbocycles. The summed E-state index contributed by atoms with van der Waals surface area (Å²) in [6.45, 7) is 0.620. The standard InChI is InChI=1S/C25H22FNO3/c1-30-23-15-18(11-12-20(23)26)25-19-9-5-6-10-21(19)27(22(25)13-14-24(28)29)16-17-7-3-2-4-8-17/h2-12,15H,13-14,16H2,1H3,(H,28,29). The number of hydrogen-bond acceptors (Lipinski definition) is 2. The molecule has 0 atom stereocenters. The van der Waals surface area contributed by atoms with Crippen LogP contribution in [0.15, 0.2) is 72.8 Å². The number of aliphatic carboxylic acids is 1. The number of fused-ring (bicyclic) bond motifs is 1. The molecule has 0 bridgehead atoms. The van der Waals surface area contributed by atoms with E-state index >= 15 is 0 Å². The van der Waals surface area contributed by atoms with Crippen LogP contribution in [0.3, 0.4) is 0 Å². The Kier molecular flexibility index (Phi) is 5.53. The van der Waals surface area contributed by atoms with Crippen molar-refractivity contribution in [1.82, 2.24) is 4.57 Å². The molecule has 0 unspecified atom stereocenters.